The van der Waals surface area contributed by atoms with Crippen LogP contribution >= 0.6 is 11.8 Å². The highest BCUT2D eigenvalue weighted by Crippen LogP contribution is 2.23. The minimum Gasteiger partial charge on any atom is -0.468 e. The lowest BCUT2D eigenvalue weighted by molar-refractivity contribution is -0.148. The Morgan fingerprint density at radius 3 is 2.50 bits per heavy atom. The van der Waals surface area contributed by atoms with Crippen LogP contribution in [0.1, 0.15) is 33.6 Å². The smallest absolute Gasteiger partial charge is 0.325 e. The molecule has 7 heteroatoms. The molecule has 0 aliphatic carbocycles. The predicted molar refractivity (Wildman–Crippen MR) is 85.0 cm³/mol. The second-order valence-electron chi connectivity index (χ2n) is 5.27. The molecule has 5 nitrogen and oxygen atoms in total. The molecule has 0 saturated carbocycles. The van der Waals surface area contributed by atoms with E-state index in [0.717, 1.165) is 13.0 Å². The number of sulfone groups is 1. The van der Waals surface area contributed by atoms with Crippen LogP contribution in [0.5, 0.6) is 0 Å². The lowest BCUT2D eigenvalue weighted by Crippen LogP contribution is -2.51. The molecule has 0 aromatic carbocycles. The summed E-state index contributed by atoms with van der Waals surface area (Å²) in [5.41, 5.74) is -0.720. The van der Waals surface area contributed by atoms with Gasteiger partial charge in [0.25, 0.3) is 0 Å². The van der Waals surface area contributed by atoms with Crippen molar-refractivity contribution in [2.24, 2.45) is 0 Å². The summed E-state index contributed by atoms with van der Waals surface area (Å²) in [4.78, 5) is 11.9. The highest BCUT2D eigenvalue weighted by atomic mass is 32.2. The summed E-state index contributed by atoms with van der Waals surface area (Å²) in [6, 6.07) is 0. The monoisotopic (exact) mass is 325 g/mol. The summed E-state index contributed by atoms with van der Waals surface area (Å²) >= 11 is 1.56. The lowest BCUT2D eigenvalue weighted by atomic mass is 9.96. The molecule has 20 heavy (non-hydrogen) atoms. The number of ether oxygens (including phenoxy) is 1. The quantitative estimate of drug-likeness (QED) is 0.613. The molecule has 0 aliphatic rings. The second kappa shape index (κ2) is 8.89. The van der Waals surface area contributed by atoms with Crippen LogP contribution in [0.25, 0.3) is 0 Å². The van der Waals surface area contributed by atoms with Gasteiger partial charge in [0.2, 0.25) is 0 Å². The molecule has 0 rings (SSSR count). The molecule has 120 valence electrons. The van der Waals surface area contributed by atoms with Crippen LogP contribution in [0, 0.1) is 0 Å². The van der Waals surface area contributed by atoms with E-state index >= 15 is 0 Å². The Labute approximate surface area is 127 Å². The van der Waals surface area contributed by atoms with Crippen LogP contribution in [0.3, 0.4) is 0 Å². The van der Waals surface area contributed by atoms with Crippen LogP contribution in [0.2, 0.25) is 0 Å². The molecule has 0 bridgehead atoms. The normalized spacial score (nSPS) is 16.4. The number of methoxy groups -OCH3 is 1. The third-order valence-electron chi connectivity index (χ3n) is 2.95. The van der Waals surface area contributed by atoms with Gasteiger partial charge in [-0.1, -0.05) is 13.8 Å². The van der Waals surface area contributed by atoms with E-state index in [1.807, 2.05) is 20.8 Å². The lowest BCUT2D eigenvalue weighted by Gasteiger charge is -2.30. The van der Waals surface area contributed by atoms with E-state index in [2.05, 4.69) is 5.32 Å². The number of nitrogens with one attached hydrogen (secondary N) is 1. The van der Waals surface area contributed by atoms with Crippen LogP contribution in [-0.4, -0.2) is 56.6 Å². The van der Waals surface area contributed by atoms with Crippen LogP contribution < -0.4 is 5.32 Å². The molecule has 0 saturated heterocycles. The van der Waals surface area contributed by atoms with Gasteiger partial charge in [0, 0.05) is 17.3 Å². The number of thioether (sulfide) groups is 1. The Morgan fingerprint density at radius 2 is 2.05 bits per heavy atom. The molecule has 0 heterocycles. The maximum atomic E-state index is 11.9. The van der Waals surface area contributed by atoms with Gasteiger partial charge in [-0.15, -0.1) is 0 Å². The summed E-state index contributed by atoms with van der Waals surface area (Å²) in [6.07, 6.45) is 2.77. The van der Waals surface area contributed by atoms with Gasteiger partial charge in [-0.2, -0.15) is 11.8 Å². The maximum absolute atomic E-state index is 11.9. The first-order chi connectivity index (χ1) is 9.14. The van der Waals surface area contributed by atoms with Crippen LogP contribution in [0.4, 0.5) is 0 Å². The summed E-state index contributed by atoms with van der Waals surface area (Å²) in [5.74, 6) is 0.436. The van der Waals surface area contributed by atoms with Crippen molar-refractivity contribution in [3.8, 4) is 0 Å². The van der Waals surface area contributed by atoms with E-state index in [-0.39, 0.29) is 17.0 Å². The molecule has 2 unspecified atom stereocenters. The molecular formula is C13H27NO4S2. The number of carbonyl (C=O) groups excluding carboxylic acids is 1. The zero-order valence-corrected chi connectivity index (χ0v) is 14.7. The molecule has 0 aliphatic heterocycles. The largest absolute Gasteiger partial charge is 0.468 e. The molecule has 0 amide bonds. The Morgan fingerprint density at radius 1 is 1.45 bits per heavy atom. The molecule has 0 aromatic heterocycles. The van der Waals surface area contributed by atoms with Crippen molar-refractivity contribution in [1.29, 1.82) is 0 Å². The highest BCUT2D eigenvalue weighted by molar-refractivity contribution is 8.01. The third kappa shape index (κ3) is 8.11. The zero-order valence-electron chi connectivity index (χ0n) is 13.1. The minimum atomic E-state index is -2.93. The van der Waals surface area contributed by atoms with Gasteiger partial charge in [0.1, 0.15) is 15.4 Å². The number of esters is 1. The van der Waals surface area contributed by atoms with Gasteiger partial charge in [0.15, 0.2) is 0 Å². The molecule has 1 N–H and O–H groups in total. The third-order valence-corrected chi connectivity index (χ3v) is 5.33. The van der Waals surface area contributed by atoms with Gasteiger partial charge in [0.05, 0.1) is 12.9 Å². The van der Waals surface area contributed by atoms with Crippen molar-refractivity contribution < 1.29 is 17.9 Å². The van der Waals surface area contributed by atoms with E-state index < -0.39 is 15.4 Å². The fourth-order valence-corrected chi connectivity index (χ4v) is 4.34. The van der Waals surface area contributed by atoms with Gasteiger partial charge in [-0.05, 0) is 26.3 Å². The van der Waals surface area contributed by atoms with Crippen LogP contribution in [0.15, 0.2) is 0 Å². The van der Waals surface area contributed by atoms with Crippen LogP contribution in [-0.2, 0) is 19.4 Å². The number of carbonyl (C=O) groups is 1. The fraction of sp³-hybridized carbons (Fsp3) is 0.923. The fourth-order valence-electron chi connectivity index (χ4n) is 1.89. The van der Waals surface area contributed by atoms with Crippen molar-refractivity contribution in [2.45, 2.75) is 44.4 Å². The number of rotatable bonds is 10. The van der Waals surface area contributed by atoms with E-state index in [0.29, 0.717) is 12.2 Å². The number of hydrogen-bond acceptors (Lipinski definition) is 6. The molecule has 0 fully saturated rings. The predicted octanol–water partition coefficient (Wildman–Crippen LogP) is 1.47. The molecular weight excluding hydrogens is 298 g/mol. The first-order valence-electron chi connectivity index (χ1n) is 6.77. The Bertz CT molecular complexity index is 397. The number of hydrogen-bond donors (Lipinski definition) is 1. The van der Waals surface area contributed by atoms with Gasteiger partial charge in [-0.25, -0.2) is 8.42 Å². The standard InChI is InChI=1S/C13H27NO4S2/c1-6-7-14-13(3,12(15)18-4)10-11(2)19-8-9-20(5,16)17/h11,14H,6-10H2,1-5H3. The summed E-state index contributed by atoms with van der Waals surface area (Å²) in [6.45, 7) is 6.62. The van der Waals surface area contributed by atoms with Gasteiger partial charge in [-0.3, -0.25) is 4.79 Å². The summed E-state index contributed by atoms with van der Waals surface area (Å²) in [7, 11) is -1.54. The first-order valence-corrected chi connectivity index (χ1v) is 9.88. The highest BCUT2D eigenvalue weighted by Gasteiger charge is 2.35. The Hall–Kier alpha value is -0.270. The van der Waals surface area contributed by atoms with Gasteiger partial charge >= 0.3 is 5.97 Å². The summed E-state index contributed by atoms with van der Waals surface area (Å²) < 4.78 is 27.1. The zero-order chi connectivity index (χ0) is 15.8. The van der Waals surface area contributed by atoms with E-state index in [1.54, 1.807) is 11.8 Å². The van der Waals surface area contributed by atoms with E-state index in [9.17, 15) is 13.2 Å². The Balaban J connectivity index is 4.45. The molecule has 2 atom stereocenters. The minimum absolute atomic E-state index is 0.166. The van der Waals surface area contributed by atoms with Gasteiger partial charge < -0.3 is 10.1 Å². The van der Waals surface area contributed by atoms with Crippen molar-refractivity contribution in [3.63, 3.8) is 0 Å². The topological polar surface area (TPSA) is 72.5 Å². The first kappa shape index (κ1) is 19.7. The van der Waals surface area contributed by atoms with E-state index in [1.165, 1.54) is 13.4 Å². The van der Waals surface area contributed by atoms with E-state index in [4.69, 9.17) is 4.74 Å². The molecule has 0 aromatic rings. The van der Waals surface area contributed by atoms with Crippen molar-refractivity contribution in [2.75, 3.05) is 31.4 Å². The Kier molecular flexibility index (Phi) is 8.77. The maximum Gasteiger partial charge on any atom is 0.325 e. The average Bonchev–Trinajstić information content (AvgIpc) is 2.33. The molecule has 0 spiro atoms. The summed E-state index contributed by atoms with van der Waals surface area (Å²) in [5, 5.41) is 3.40. The second-order valence-corrected chi connectivity index (χ2v) is 9.07. The molecule has 0 radical (unpaired) electrons. The van der Waals surface area contributed by atoms with Crippen molar-refractivity contribution in [1.82, 2.24) is 5.32 Å². The SMILES string of the molecule is CCCNC(C)(CC(C)SCCS(C)(=O)=O)C(=O)OC. The average molecular weight is 325 g/mol. The van der Waals surface area contributed by atoms with Crippen molar-refractivity contribution >= 4 is 27.6 Å². The van der Waals surface area contributed by atoms with Crippen molar-refractivity contribution in [3.05, 3.63) is 0 Å².